The van der Waals surface area contributed by atoms with Crippen LogP contribution in [-0.2, 0) is 4.74 Å². The number of ketones is 1. The highest BCUT2D eigenvalue weighted by molar-refractivity contribution is 7.12. The SMILES string of the molecule is Cc1cc(C(=O)COC(C)C)c(C)s1. The van der Waals surface area contributed by atoms with Gasteiger partial charge in [-0.15, -0.1) is 11.3 Å². The molecule has 14 heavy (non-hydrogen) atoms. The maximum absolute atomic E-state index is 11.7. The summed E-state index contributed by atoms with van der Waals surface area (Å²) in [6.45, 7) is 8.03. The fourth-order valence-electron chi connectivity index (χ4n) is 1.23. The molecule has 0 saturated heterocycles. The van der Waals surface area contributed by atoms with Gasteiger partial charge >= 0.3 is 0 Å². The number of aryl methyl sites for hydroxylation is 2. The van der Waals surface area contributed by atoms with Crippen molar-refractivity contribution < 1.29 is 9.53 Å². The highest BCUT2D eigenvalue weighted by atomic mass is 32.1. The maximum Gasteiger partial charge on any atom is 0.189 e. The molecule has 0 aliphatic rings. The summed E-state index contributed by atoms with van der Waals surface area (Å²) in [4.78, 5) is 13.9. The first-order valence-corrected chi connectivity index (χ1v) is 5.54. The number of ether oxygens (including phenoxy) is 1. The van der Waals surface area contributed by atoms with Gasteiger partial charge in [-0.3, -0.25) is 4.79 Å². The van der Waals surface area contributed by atoms with Crippen molar-refractivity contribution in [1.29, 1.82) is 0 Å². The highest BCUT2D eigenvalue weighted by Crippen LogP contribution is 2.21. The van der Waals surface area contributed by atoms with Gasteiger partial charge in [0.05, 0.1) is 6.10 Å². The van der Waals surface area contributed by atoms with Gasteiger partial charge in [0.1, 0.15) is 6.61 Å². The lowest BCUT2D eigenvalue weighted by Gasteiger charge is -2.05. The molecule has 0 N–H and O–H groups in total. The summed E-state index contributed by atoms with van der Waals surface area (Å²) in [6, 6.07) is 1.94. The lowest BCUT2D eigenvalue weighted by atomic mass is 10.2. The van der Waals surface area contributed by atoms with Crippen LogP contribution in [0.2, 0.25) is 0 Å². The van der Waals surface area contributed by atoms with Crippen LogP contribution in [0.1, 0.15) is 34.0 Å². The van der Waals surface area contributed by atoms with E-state index in [1.165, 1.54) is 4.88 Å². The molecule has 0 aliphatic carbocycles. The van der Waals surface area contributed by atoms with Crippen LogP contribution in [0.4, 0.5) is 0 Å². The zero-order valence-corrected chi connectivity index (χ0v) is 9.90. The van der Waals surface area contributed by atoms with Crippen LogP contribution in [0.15, 0.2) is 6.07 Å². The third-order valence-electron chi connectivity index (χ3n) is 1.89. The largest absolute Gasteiger partial charge is 0.371 e. The second-order valence-electron chi connectivity index (χ2n) is 3.61. The molecule has 0 spiro atoms. The standard InChI is InChI=1S/C11H16O2S/c1-7(2)13-6-11(12)10-5-8(3)14-9(10)4/h5,7H,6H2,1-4H3. The van der Waals surface area contributed by atoms with E-state index in [0.717, 1.165) is 10.4 Å². The van der Waals surface area contributed by atoms with Crippen LogP contribution in [-0.4, -0.2) is 18.5 Å². The Morgan fingerprint density at radius 2 is 2.14 bits per heavy atom. The maximum atomic E-state index is 11.7. The molecule has 0 saturated carbocycles. The predicted octanol–water partition coefficient (Wildman–Crippen LogP) is 2.97. The molecule has 1 aromatic rings. The molecule has 78 valence electrons. The first kappa shape index (κ1) is 11.4. The van der Waals surface area contributed by atoms with E-state index < -0.39 is 0 Å². The molecular weight excluding hydrogens is 196 g/mol. The Kier molecular flexibility index (Phi) is 3.84. The van der Waals surface area contributed by atoms with Crippen LogP contribution in [0, 0.1) is 13.8 Å². The van der Waals surface area contributed by atoms with E-state index in [0.29, 0.717) is 0 Å². The Bertz CT molecular complexity index is 326. The monoisotopic (exact) mass is 212 g/mol. The summed E-state index contributed by atoms with van der Waals surface area (Å²) >= 11 is 1.66. The first-order chi connectivity index (χ1) is 6.50. The van der Waals surface area contributed by atoms with Crippen molar-refractivity contribution in [3.63, 3.8) is 0 Å². The molecule has 0 fully saturated rings. The highest BCUT2D eigenvalue weighted by Gasteiger charge is 2.12. The quantitative estimate of drug-likeness (QED) is 0.717. The molecule has 0 aromatic carbocycles. The van der Waals surface area contributed by atoms with Crippen molar-refractivity contribution >= 4 is 17.1 Å². The molecule has 1 heterocycles. The van der Waals surface area contributed by atoms with Crippen molar-refractivity contribution in [2.45, 2.75) is 33.8 Å². The molecule has 3 heteroatoms. The van der Waals surface area contributed by atoms with Gasteiger partial charge in [0, 0.05) is 15.3 Å². The number of carbonyl (C=O) groups excluding carboxylic acids is 1. The second kappa shape index (κ2) is 4.71. The molecule has 0 atom stereocenters. The van der Waals surface area contributed by atoms with E-state index in [1.54, 1.807) is 11.3 Å². The summed E-state index contributed by atoms with van der Waals surface area (Å²) in [6.07, 6.45) is 0.110. The minimum Gasteiger partial charge on any atom is -0.371 e. The van der Waals surface area contributed by atoms with Gasteiger partial charge in [-0.25, -0.2) is 0 Å². The third kappa shape index (κ3) is 2.93. The summed E-state index contributed by atoms with van der Waals surface area (Å²) in [5.74, 6) is 0.0838. The number of thiophene rings is 1. The Morgan fingerprint density at radius 1 is 1.50 bits per heavy atom. The van der Waals surface area contributed by atoms with Gasteiger partial charge in [-0.05, 0) is 33.8 Å². The lowest BCUT2D eigenvalue weighted by molar-refractivity contribution is 0.0584. The Hall–Kier alpha value is -0.670. The normalized spacial score (nSPS) is 10.9. The average Bonchev–Trinajstić information content (AvgIpc) is 2.41. The fourth-order valence-corrected chi connectivity index (χ4v) is 2.17. The second-order valence-corrected chi connectivity index (χ2v) is 5.07. The van der Waals surface area contributed by atoms with Crippen molar-refractivity contribution in [3.8, 4) is 0 Å². The Labute approximate surface area is 88.9 Å². The predicted molar refractivity (Wildman–Crippen MR) is 59.2 cm³/mol. The van der Waals surface area contributed by atoms with Gasteiger partial charge in [-0.2, -0.15) is 0 Å². The summed E-state index contributed by atoms with van der Waals surface area (Å²) in [7, 11) is 0. The van der Waals surface area contributed by atoms with Crippen molar-refractivity contribution in [2.24, 2.45) is 0 Å². The van der Waals surface area contributed by atoms with E-state index in [-0.39, 0.29) is 18.5 Å². The van der Waals surface area contributed by atoms with Gasteiger partial charge in [-0.1, -0.05) is 0 Å². The molecule has 0 unspecified atom stereocenters. The Morgan fingerprint density at radius 3 is 2.57 bits per heavy atom. The molecule has 0 radical (unpaired) electrons. The van der Waals surface area contributed by atoms with Crippen molar-refractivity contribution in [2.75, 3.05) is 6.61 Å². The minimum absolute atomic E-state index is 0.0838. The van der Waals surface area contributed by atoms with E-state index >= 15 is 0 Å². The van der Waals surface area contributed by atoms with Crippen molar-refractivity contribution in [3.05, 3.63) is 21.4 Å². The van der Waals surface area contributed by atoms with Gasteiger partial charge < -0.3 is 4.74 Å². The molecular formula is C11H16O2S. The number of hydrogen-bond acceptors (Lipinski definition) is 3. The number of carbonyl (C=O) groups is 1. The number of Topliss-reactive ketones (excluding diaryl/α,β-unsaturated/α-hetero) is 1. The van der Waals surface area contributed by atoms with Crippen LogP contribution in [0.5, 0.6) is 0 Å². The topological polar surface area (TPSA) is 26.3 Å². The van der Waals surface area contributed by atoms with Crippen LogP contribution in [0.25, 0.3) is 0 Å². The van der Waals surface area contributed by atoms with E-state index in [2.05, 4.69) is 0 Å². The average molecular weight is 212 g/mol. The van der Waals surface area contributed by atoms with Crippen LogP contribution in [0.3, 0.4) is 0 Å². The van der Waals surface area contributed by atoms with Crippen LogP contribution >= 0.6 is 11.3 Å². The molecule has 0 amide bonds. The van der Waals surface area contributed by atoms with E-state index in [1.807, 2.05) is 33.8 Å². The molecule has 2 nitrogen and oxygen atoms in total. The number of hydrogen-bond donors (Lipinski definition) is 0. The fraction of sp³-hybridized carbons (Fsp3) is 0.545. The van der Waals surface area contributed by atoms with Gasteiger partial charge in [0.15, 0.2) is 5.78 Å². The van der Waals surface area contributed by atoms with E-state index in [4.69, 9.17) is 4.74 Å². The molecule has 1 aromatic heterocycles. The summed E-state index contributed by atoms with van der Waals surface area (Å²) < 4.78 is 5.28. The van der Waals surface area contributed by atoms with Gasteiger partial charge in [0.2, 0.25) is 0 Å². The zero-order chi connectivity index (χ0) is 10.7. The Balaban J connectivity index is 2.65. The van der Waals surface area contributed by atoms with Crippen LogP contribution < -0.4 is 0 Å². The minimum atomic E-state index is 0.0838. The summed E-state index contributed by atoms with van der Waals surface area (Å²) in [5, 5.41) is 0. The smallest absolute Gasteiger partial charge is 0.189 e. The molecule has 1 rings (SSSR count). The first-order valence-electron chi connectivity index (χ1n) is 4.72. The molecule has 0 bridgehead atoms. The number of rotatable bonds is 4. The van der Waals surface area contributed by atoms with Crippen molar-refractivity contribution in [1.82, 2.24) is 0 Å². The van der Waals surface area contributed by atoms with Gasteiger partial charge in [0.25, 0.3) is 0 Å². The third-order valence-corrected chi connectivity index (χ3v) is 2.86. The molecule has 0 aliphatic heterocycles. The zero-order valence-electron chi connectivity index (χ0n) is 9.09. The lowest BCUT2D eigenvalue weighted by Crippen LogP contribution is -2.13. The van der Waals surface area contributed by atoms with E-state index in [9.17, 15) is 4.79 Å². The summed E-state index contributed by atoms with van der Waals surface area (Å²) in [5.41, 5.74) is 0.813.